The summed E-state index contributed by atoms with van der Waals surface area (Å²) in [5.41, 5.74) is 1.06. The van der Waals surface area contributed by atoms with E-state index < -0.39 is 11.6 Å². The molecule has 0 saturated heterocycles. The number of phenols is 2. The third kappa shape index (κ3) is 3.85. The first-order valence-corrected chi connectivity index (χ1v) is 11.1. The van der Waals surface area contributed by atoms with Gasteiger partial charge in [0.25, 0.3) is 0 Å². The number of carbonyl (C=O) groups excluding carboxylic acids is 1. The van der Waals surface area contributed by atoms with Crippen LogP contribution in [0.25, 0.3) is 0 Å². The van der Waals surface area contributed by atoms with Crippen molar-refractivity contribution in [1.82, 2.24) is 0 Å². The fourth-order valence-electron chi connectivity index (χ4n) is 3.36. The minimum absolute atomic E-state index is 0. The van der Waals surface area contributed by atoms with Gasteiger partial charge in [-0.05, 0) is 88.0 Å². The summed E-state index contributed by atoms with van der Waals surface area (Å²) < 4.78 is 8.67. The Bertz CT molecular complexity index is 1070. The number of aromatic hydroxyl groups is 2. The second-order valence-electron chi connectivity index (χ2n) is 6.17. The number of esters is 1. The maximum absolute atomic E-state index is 13.0. The predicted molar refractivity (Wildman–Crippen MR) is 126 cm³/mol. The monoisotopic (exact) mass is 670 g/mol. The summed E-state index contributed by atoms with van der Waals surface area (Å²) in [7, 11) is 0. The number of benzene rings is 3. The SMILES string of the molecule is O=C1OC(c2ccc(O)cc2)(c2ccc(O)cc2)c2c(Br)c(Br)c(Br)c(Br)c21.[KH]. The van der Waals surface area contributed by atoms with Crippen LogP contribution in [0.2, 0.25) is 0 Å². The van der Waals surface area contributed by atoms with Crippen LogP contribution in [0, 0.1) is 0 Å². The molecule has 1 aliphatic rings. The van der Waals surface area contributed by atoms with Crippen molar-refractivity contribution in [2.24, 2.45) is 0 Å². The molecule has 0 unspecified atom stereocenters. The average Bonchev–Trinajstić information content (AvgIpc) is 3.00. The molecule has 0 bridgehead atoms. The van der Waals surface area contributed by atoms with Gasteiger partial charge in [0.05, 0.1) is 5.56 Å². The van der Waals surface area contributed by atoms with Crippen molar-refractivity contribution in [3.8, 4) is 11.5 Å². The molecule has 0 aromatic heterocycles. The van der Waals surface area contributed by atoms with E-state index in [2.05, 4.69) is 63.7 Å². The zero-order valence-electron chi connectivity index (χ0n) is 13.8. The van der Waals surface area contributed by atoms with Gasteiger partial charge in [0.2, 0.25) is 0 Å². The summed E-state index contributed by atoms with van der Waals surface area (Å²) in [6, 6.07) is 13.0. The second-order valence-corrected chi connectivity index (χ2v) is 9.34. The van der Waals surface area contributed by atoms with Gasteiger partial charge in [0, 0.05) is 34.6 Å². The molecule has 0 atom stereocenters. The Kier molecular flexibility index (Phi) is 7.46. The van der Waals surface area contributed by atoms with Crippen molar-refractivity contribution in [3.63, 3.8) is 0 Å². The molecule has 0 spiro atoms. The van der Waals surface area contributed by atoms with Crippen molar-refractivity contribution >= 4 is 121 Å². The molecule has 0 radical (unpaired) electrons. The fourth-order valence-corrected chi connectivity index (χ4v) is 5.92. The Morgan fingerprint density at radius 1 is 0.690 bits per heavy atom. The molecule has 3 aromatic carbocycles. The normalized spacial score (nSPS) is 14.1. The molecular formula is C20H11Br4KO4. The van der Waals surface area contributed by atoms with Gasteiger partial charge in [-0.15, -0.1) is 0 Å². The number of phenolic OH excluding ortho intramolecular Hbond substituents is 2. The van der Waals surface area contributed by atoms with Crippen molar-refractivity contribution in [1.29, 1.82) is 0 Å². The van der Waals surface area contributed by atoms with E-state index in [0.717, 1.165) is 4.47 Å². The number of hydrogen-bond acceptors (Lipinski definition) is 4. The van der Waals surface area contributed by atoms with E-state index in [4.69, 9.17) is 4.74 Å². The van der Waals surface area contributed by atoms with Gasteiger partial charge in [-0.2, -0.15) is 0 Å². The van der Waals surface area contributed by atoms with Crippen LogP contribution in [0.1, 0.15) is 27.0 Å². The zero-order valence-corrected chi connectivity index (χ0v) is 20.2. The molecule has 0 aliphatic carbocycles. The number of fused-ring (bicyclic) bond motifs is 1. The van der Waals surface area contributed by atoms with Gasteiger partial charge in [-0.25, -0.2) is 4.79 Å². The Hall–Kier alpha value is 0.286. The van der Waals surface area contributed by atoms with Crippen LogP contribution < -0.4 is 0 Å². The average molecular weight is 674 g/mol. The van der Waals surface area contributed by atoms with Crippen LogP contribution in [0.15, 0.2) is 66.4 Å². The standard InChI is InChI=1S/C20H10Br4O4.K.H/c21-15-13-14(16(22)18(24)17(15)23)20(28-19(13)27,9-1-5-11(25)6-2-9)10-3-7-12(26)8-4-10;;/h1-8,25-26H;;. The number of carbonyl (C=O) groups is 1. The quantitative estimate of drug-likeness (QED) is 0.153. The van der Waals surface area contributed by atoms with Crippen LogP contribution in [-0.4, -0.2) is 67.6 Å². The molecule has 2 N–H and O–H groups in total. The van der Waals surface area contributed by atoms with E-state index in [-0.39, 0.29) is 62.9 Å². The molecule has 0 saturated carbocycles. The fraction of sp³-hybridized carbons (Fsp3) is 0.0500. The third-order valence-corrected chi connectivity index (χ3v) is 9.38. The molecule has 144 valence electrons. The van der Waals surface area contributed by atoms with Crippen LogP contribution in [0.3, 0.4) is 0 Å². The van der Waals surface area contributed by atoms with Crippen molar-refractivity contribution < 1.29 is 19.7 Å². The van der Waals surface area contributed by atoms with E-state index in [9.17, 15) is 15.0 Å². The number of halogens is 4. The second kappa shape index (κ2) is 9.03. The number of cyclic esters (lactones) is 1. The Balaban J connectivity index is 0.00000240. The molecule has 0 fully saturated rings. The molecule has 1 aliphatic heterocycles. The van der Waals surface area contributed by atoms with E-state index >= 15 is 0 Å². The van der Waals surface area contributed by atoms with E-state index in [0.29, 0.717) is 35.7 Å². The van der Waals surface area contributed by atoms with Gasteiger partial charge in [0.15, 0.2) is 5.60 Å². The van der Waals surface area contributed by atoms with Crippen LogP contribution >= 0.6 is 63.7 Å². The summed E-state index contributed by atoms with van der Waals surface area (Å²) in [5.74, 6) is -0.283. The van der Waals surface area contributed by atoms with Crippen molar-refractivity contribution in [3.05, 3.63) is 88.7 Å². The molecule has 9 heteroatoms. The van der Waals surface area contributed by atoms with Gasteiger partial charge >= 0.3 is 57.4 Å². The Morgan fingerprint density at radius 3 is 1.55 bits per heavy atom. The van der Waals surface area contributed by atoms with E-state index in [1.807, 2.05) is 0 Å². The van der Waals surface area contributed by atoms with Crippen LogP contribution in [0.5, 0.6) is 11.5 Å². The summed E-state index contributed by atoms with van der Waals surface area (Å²) in [6.07, 6.45) is 0. The summed E-state index contributed by atoms with van der Waals surface area (Å²) in [4.78, 5) is 13.0. The maximum atomic E-state index is 13.0. The summed E-state index contributed by atoms with van der Waals surface area (Å²) >= 11 is 14.1. The summed E-state index contributed by atoms with van der Waals surface area (Å²) in [6.45, 7) is 0. The van der Waals surface area contributed by atoms with Gasteiger partial charge in [0.1, 0.15) is 11.5 Å². The van der Waals surface area contributed by atoms with Crippen molar-refractivity contribution in [2.45, 2.75) is 5.60 Å². The Labute approximate surface area is 243 Å². The molecule has 0 amide bonds. The first kappa shape index (κ1) is 23.9. The molecule has 4 rings (SSSR count). The number of hydrogen-bond donors (Lipinski definition) is 2. The minimum atomic E-state index is -1.27. The van der Waals surface area contributed by atoms with E-state index in [1.54, 1.807) is 48.5 Å². The van der Waals surface area contributed by atoms with Crippen LogP contribution in [0.4, 0.5) is 0 Å². The summed E-state index contributed by atoms with van der Waals surface area (Å²) in [5, 5.41) is 19.5. The molecule has 4 nitrogen and oxygen atoms in total. The molecule has 1 heterocycles. The van der Waals surface area contributed by atoms with Gasteiger partial charge in [-0.1, -0.05) is 24.3 Å². The zero-order chi connectivity index (χ0) is 20.2. The molecule has 3 aromatic rings. The van der Waals surface area contributed by atoms with Gasteiger partial charge in [-0.3, -0.25) is 0 Å². The first-order chi connectivity index (χ1) is 13.3. The Morgan fingerprint density at radius 2 is 1.10 bits per heavy atom. The number of ether oxygens (including phenoxy) is 1. The van der Waals surface area contributed by atoms with Crippen molar-refractivity contribution in [2.75, 3.05) is 0 Å². The first-order valence-electron chi connectivity index (χ1n) is 7.96. The number of rotatable bonds is 2. The van der Waals surface area contributed by atoms with E-state index in [1.165, 1.54) is 0 Å². The predicted octanol–water partition coefficient (Wildman–Crippen LogP) is 5.96. The van der Waals surface area contributed by atoms with Crippen LogP contribution in [-0.2, 0) is 10.3 Å². The van der Waals surface area contributed by atoms with Gasteiger partial charge < -0.3 is 14.9 Å². The molecule has 29 heavy (non-hydrogen) atoms. The molecular weight excluding hydrogens is 663 g/mol. The third-order valence-electron chi connectivity index (χ3n) is 4.62. The topological polar surface area (TPSA) is 66.8 Å².